The quantitative estimate of drug-likeness (QED) is 0.595. The summed E-state index contributed by atoms with van der Waals surface area (Å²) < 4.78 is 8.35. The van der Waals surface area contributed by atoms with Gasteiger partial charge in [0, 0.05) is 39.5 Å². The van der Waals surface area contributed by atoms with Gasteiger partial charge in [-0.2, -0.15) is 0 Å². The first-order valence-electron chi connectivity index (χ1n) is 9.97. The van der Waals surface area contributed by atoms with E-state index >= 15 is 0 Å². The van der Waals surface area contributed by atoms with Gasteiger partial charge < -0.3 is 15.0 Å². The van der Waals surface area contributed by atoms with E-state index in [0.29, 0.717) is 6.54 Å². The highest BCUT2D eigenvalue weighted by Crippen LogP contribution is 2.42. The van der Waals surface area contributed by atoms with E-state index in [2.05, 4.69) is 38.1 Å². The van der Waals surface area contributed by atoms with Crippen molar-refractivity contribution in [3.8, 4) is 0 Å². The summed E-state index contributed by atoms with van der Waals surface area (Å²) in [4.78, 5) is 31.9. The molecule has 2 amide bonds. The second kappa shape index (κ2) is 8.80. The lowest BCUT2D eigenvalue weighted by atomic mass is 10.0. The standard InChI is InChI=1S/C21H24BrN3O3S2/c1-11(2)17(24-21(27)28-3)20(26)25-8-4-5-16(25)15-7-6-14(23-15)12-9-29-19-13(22)10-30-18(12)19/h6,9-11,16-17H,4-5,7-8H2,1-3H3,(H,24,27)/t16-,17-/m0/s1. The van der Waals surface area contributed by atoms with Crippen molar-refractivity contribution < 1.29 is 14.3 Å². The second-order valence-corrected chi connectivity index (χ2v) is 10.4. The Morgan fingerprint density at radius 1 is 1.30 bits per heavy atom. The minimum absolute atomic E-state index is 0.0175. The van der Waals surface area contributed by atoms with Gasteiger partial charge in [0.15, 0.2) is 0 Å². The van der Waals surface area contributed by atoms with E-state index in [1.807, 2.05) is 18.7 Å². The van der Waals surface area contributed by atoms with Crippen LogP contribution in [0.3, 0.4) is 0 Å². The number of nitrogens with zero attached hydrogens (tertiary/aromatic N) is 2. The number of rotatable bonds is 5. The third-order valence-corrected chi connectivity index (χ3v) is 8.95. The van der Waals surface area contributed by atoms with Gasteiger partial charge in [0.1, 0.15) is 6.04 Å². The molecule has 30 heavy (non-hydrogen) atoms. The van der Waals surface area contributed by atoms with Crippen LogP contribution in [0.2, 0.25) is 0 Å². The first kappa shape index (κ1) is 21.5. The molecule has 4 heterocycles. The zero-order chi connectivity index (χ0) is 21.4. The van der Waals surface area contributed by atoms with Crippen LogP contribution in [-0.2, 0) is 9.53 Å². The lowest BCUT2D eigenvalue weighted by molar-refractivity contribution is -0.134. The number of halogens is 1. The number of hydrogen-bond acceptors (Lipinski definition) is 6. The number of methoxy groups -OCH3 is 1. The molecular formula is C21H24BrN3O3S2. The average Bonchev–Trinajstić information content (AvgIpc) is 3.49. The number of likely N-dealkylation sites (tertiary alicyclic amines) is 1. The zero-order valence-corrected chi connectivity index (χ0v) is 20.3. The van der Waals surface area contributed by atoms with Gasteiger partial charge in [0.05, 0.1) is 28.2 Å². The van der Waals surface area contributed by atoms with E-state index in [-0.39, 0.29) is 17.9 Å². The number of thiophene rings is 2. The van der Waals surface area contributed by atoms with Crippen molar-refractivity contribution in [2.45, 2.75) is 45.2 Å². The zero-order valence-electron chi connectivity index (χ0n) is 17.1. The van der Waals surface area contributed by atoms with Crippen LogP contribution < -0.4 is 5.32 Å². The van der Waals surface area contributed by atoms with Crippen LogP contribution in [0.4, 0.5) is 4.79 Å². The molecule has 2 aliphatic heterocycles. The highest BCUT2D eigenvalue weighted by molar-refractivity contribution is 9.10. The summed E-state index contributed by atoms with van der Waals surface area (Å²) in [5.74, 6) is -0.0948. The smallest absolute Gasteiger partial charge is 0.407 e. The topological polar surface area (TPSA) is 71.0 Å². The number of allylic oxidation sites excluding steroid dienone is 1. The molecule has 1 fully saturated rings. The van der Waals surface area contributed by atoms with E-state index in [9.17, 15) is 9.59 Å². The minimum Gasteiger partial charge on any atom is -0.453 e. The molecule has 0 saturated carbocycles. The Hall–Kier alpha value is -1.71. The van der Waals surface area contributed by atoms with Crippen molar-refractivity contribution in [2.75, 3.05) is 13.7 Å². The molecule has 2 aliphatic rings. The van der Waals surface area contributed by atoms with Gasteiger partial charge >= 0.3 is 6.09 Å². The summed E-state index contributed by atoms with van der Waals surface area (Å²) in [6.45, 7) is 4.54. The normalized spacial score (nSPS) is 19.9. The molecule has 2 aromatic heterocycles. The number of nitrogens with one attached hydrogen (secondary N) is 1. The number of ether oxygens (including phenoxy) is 1. The molecule has 4 rings (SSSR count). The average molecular weight is 510 g/mol. The maximum absolute atomic E-state index is 13.3. The van der Waals surface area contributed by atoms with Gasteiger partial charge in [-0.3, -0.25) is 9.79 Å². The summed E-state index contributed by atoms with van der Waals surface area (Å²) in [7, 11) is 1.31. The number of aliphatic imine (C=N–C) groups is 1. The van der Waals surface area contributed by atoms with Gasteiger partial charge in [0.2, 0.25) is 5.91 Å². The summed E-state index contributed by atoms with van der Waals surface area (Å²) in [5, 5.41) is 6.98. The Bertz CT molecular complexity index is 1040. The Morgan fingerprint density at radius 3 is 2.80 bits per heavy atom. The Kier molecular flexibility index (Phi) is 6.31. The number of amides is 2. The van der Waals surface area contributed by atoms with Gasteiger partial charge in [-0.1, -0.05) is 19.9 Å². The summed E-state index contributed by atoms with van der Waals surface area (Å²) >= 11 is 7.06. The second-order valence-electron chi connectivity index (χ2n) is 7.84. The van der Waals surface area contributed by atoms with Crippen molar-refractivity contribution in [2.24, 2.45) is 10.9 Å². The van der Waals surface area contributed by atoms with Crippen molar-refractivity contribution in [1.29, 1.82) is 0 Å². The number of fused-ring (bicyclic) bond motifs is 1. The molecule has 1 N–H and O–H groups in total. The highest BCUT2D eigenvalue weighted by Gasteiger charge is 2.38. The molecule has 9 heteroatoms. The molecule has 1 saturated heterocycles. The predicted molar refractivity (Wildman–Crippen MR) is 126 cm³/mol. The Balaban J connectivity index is 1.54. The molecule has 2 aromatic rings. The monoisotopic (exact) mass is 509 g/mol. The number of carbonyl (C=O) groups excluding carboxylic acids is 2. The lowest BCUT2D eigenvalue weighted by Crippen LogP contribution is -2.53. The van der Waals surface area contributed by atoms with E-state index in [0.717, 1.165) is 35.1 Å². The van der Waals surface area contributed by atoms with Crippen LogP contribution in [0.5, 0.6) is 0 Å². The molecule has 2 atom stereocenters. The van der Waals surface area contributed by atoms with Crippen LogP contribution in [0, 0.1) is 5.92 Å². The molecule has 0 spiro atoms. The maximum Gasteiger partial charge on any atom is 0.407 e. The third-order valence-electron chi connectivity index (χ3n) is 5.60. The maximum atomic E-state index is 13.3. The first-order chi connectivity index (χ1) is 14.4. The molecule has 0 aromatic carbocycles. The molecule has 0 bridgehead atoms. The largest absolute Gasteiger partial charge is 0.453 e. The summed E-state index contributed by atoms with van der Waals surface area (Å²) in [6.07, 6.45) is 4.18. The molecule has 160 valence electrons. The van der Waals surface area contributed by atoms with E-state index in [1.165, 1.54) is 22.1 Å². The Labute approximate surface area is 192 Å². The molecule has 6 nitrogen and oxygen atoms in total. The fourth-order valence-corrected chi connectivity index (χ4v) is 7.09. The van der Waals surface area contributed by atoms with Crippen LogP contribution in [0.1, 0.15) is 38.7 Å². The van der Waals surface area contributed by atoms with Crippen LogP contribution in [0.15, 0.2) is 26.3 Å². The summed E-state index contributed by atoms with van der Waals surface area (Å²) in [6, 6.07) is -0.622. The number of carbonyl (C=O) groups is 2. The SMILES string of the molecule is COC(=O)N[C@H](C(=O)N1CCC[C@H]1C1=NC(c2csc3c(Br)csc23)=CC1)C(C)C. The minimum atomic E-state index is -0.604. The first-order valence-corrected chi connectivity index (χ1v) is 12.5. The molecule has 0 aliphatic carbocycles. The van der Waals surface area contributed by atoms with Gasteiger partial charge in [-0.25, -0.2) is 4.79 Å². The van der Waals surface area contributed by atoms with Crippen molar-refractivity contribution >= 4 is 71.4 Å². The van der Waals surface area contributed by atoms with Crippen LogP contribution in [0.25, 0.3) is 15.1 Å². The third kappa shape index (κ3) is 3.94. The highest BCUT2D eigenvalue weighted by atomic mass is 79.9. The van der Waals surface area contributed by atoms with Gasteiger partial charge in [0.25, 0.3) is 0 Å². The van der Waals surface area contributed by atoms with E-state index in [1.54, 1.807) is 22.7 Å². The predicted octanol–water partition coefficient (Wildman–Crippen LogP) is 5.28. The van der Waals surface area contributed by atoms with Gasteiger partial charge in [-0.05, 0) is 34.7 Å². The fraction of sp³-hybridized carbons (Fsp3) is 0.476. The number of hydrogen-bond donors (Lipinski definition) is 1. The van der Waals surface area contributed by atoms with E-state index < -0.39 is 12.1 Å². The van der Waals surface area contributed by atoms with Crippen LogP contribution >= 0.6 is 38.6 Å². The van der Waals surface area contributed by atoms with Crippen molar-refractivity contribution in [1.82, 2.24) is 10.2 Å². The molecule has 0 unspecified atom stereocenters. The lowest BCUT2D eigenvalue weighted by Gasteiger charge is -2.30. The fourth-order valence-electron chi connectivity index (χ4n) is 4.05. The Morgan fingerprint density at radius 2 is 2.07 bits per heavy atom. The molecule has 0 radical (unpaired) electrons. The van der Waals surface area contributed by atoms with E-state index in [4.69, 9.17) is 9.73 Å². The number of alkyl carbamates (subject to hydrolysis) is 1. The molecular weight excluding hydrogens is 486 g/mol. The van der Waals surface area contributed by atoms with Crippen LogP contribution in [-0.4, -0.2) is 48.4 Å². The summed E-state index contributed by atoms with van der Waals surface area (Å²) in [5.41, 5.74) is 3.20. The van der Waals surface area contributed by atoms with Crippen molar-refractivity contribution in [3.63, 3.8) is 0 Å². The van der Waals surface area contributed by atoms with Crippen molar-refractivity contribution in [3.05, 3.63) is 26.9 Å². The van der Waals surface area contributed by atoms with Gasteiger partial charge in [-0.15, -0.1) is 22.7 Å².